The van der Waals surface area contributed by atoms with Crippen LogP contribution < -0.4 is 0 Å². The van der Waals surface area contributed by atoms with Gasteiger partial charge in [0.15, 0.2) is 0 Å². The van der Waals surface area contributed by atoms with Gasteiger partial charge in [0.25, 0.3) is 0 Å². The van der Waals surface area contributed by atoms with Gasteiger partial charge in [-0.05, 0) is 6.92 Å². The van der Waals surface area contributed by atoms with Crippen molar-refractivity contribution in [3.63, 3.8) is 0 Å². The highest BCUT2D eigenvalue weighted by Gasteiger charge is 2.41. The zero-order valence-corrected chi connectivity index (χ0v) is 6.34. The zero-order valence-electron chi connectivity index (χ0n) is 4.55. The molecular weight excluding hydrogens is 166 g/mol. The van der Waals surface area contributed by atoms with Crippen LogP contribution in [0.15, 0.2) is 0 Å². The van der Waals surface area contributed by atoms with Crippen molar-refractivity contribution in [2.75, 3.05) is 0 Å². The fourth-order valence-corrected chi connectivity index (χ4v) is 0.479. The van der Waals surface area contributed by atoms with Gasteiger partial charge >= 0.3 is 7.60 Å². The molecule has 1 atom stereocenters. The van der Waals surface area contributed by atoms with Gasteiger partial charge in [0, 0.05) is 0 Å². The Bertz CT molecular complexity index is 156. The Balaban J connectivity index is 4.54. The molecule has 3 N–H and O–H groups in total. The molecule has 0 heterocycles. The van der Waals surface area contributed by atoms with E-state index in [0.29, 0.717) is 0 Å². The van der Waals surface area contributed by atoms with E-state index in [9.17, 15) is 9.13 Å². The van der Waals surface area contributed by atoms with E-state index < -0.39 is 21.1 Å². The van der Waals surface area contributed by atoms with Gasteiger partial charge in [-0.1, -0.05) is 0 Å². The molecule has 1 unspecified atom stereocenters. The summed E-state index contributed by atoms with van der Waals surface area (Å²) in [5, 5.41) is 6.13. The third-order valence-electron chi connectivity index (χ3n) is 0.725. The van der Waals surface area contributed by atoms with Crippen molar-refractivity contribution in [3.8, 4) is 0 Å². The normalized spacial score (nSPS) is 19.6. The molecule has 0 aromatic carbocycles. The van der Waals surface area contributed by atoms with E-state index in [2.05, 4.69) is 0 Å². The highest BCUT2D eigenvalue weighted by atomic mass is 31.2. The molecule has 54 valence electrons. The average molecular weight is 172 g/mol. The molecule has 0 aliphatic heterocycles. The molecule has 9 heavy (non-hydrogen) atoms. The van der Waals surface area contributed by atoms with Crippen molar-refractivity contribution in [1.29, 1.82) is 0 Å². The predicted octanol–water partition coefficient (Wildman–Crippen LogP) is 0.122. The maximum absolute atomic E-state index is 10.1. The van der Waals surface area contributed by atoms with Gasteiger partial charge < -0.3 is 14.9 Å². The maximum Gasteiger partial charge on any atom is 0.368 e. The molecule has 0 aliphatic rings. The topological polar surface area (TPSA) is 94.8 Å². The zero-order chi connectivity index (χ0) is 7.71. The van der Waals surface area contributed by atoms with Crippen LogP contribution in [0.2, 0.25) is 0 Å². The summed E-state index contributed by atoms with van der Waals surface area (Å²) in [7, 11) is -5.61. The van der Waals surface area contributed by atoms with Gasteiger partial charge in [0.2, 0.25) is 13.5 Å². The molecule has 0 aliphatic carbocycles. The van der Waals surface area contributed by atoms with Gasteiger partial charge in [-0.25, -0.2) is 0 Å². The summed E-state index contributed by atoms with van der Waals surface area (Å²) in [4.78, 5) is 16.4. The summed E-state index contributed by atoms with van der Waals surface area (Å²) in [5.74, 6) is 0. The van der Waals surface area contributed by atoms with E-state index in [0.717, 1.165) is 6.92 Å². The standard InChI is InChI=1S/C2H6O5P2/c1-2(3,8-4)9(5,6)7/h3H,1H3,(H2,5,6,7). The second kappa shape index (κ2) is 2.45. The molecule has 0 fully saturated rings. The SMILES string of the molecule is CC(O)(P=O)P(=O)(O)O. The van der Waals surface area contributed by atoms with E-state index in [1.807, 2.05) is 0 Å². The Morgan fingerprint density at radius 3 is 1.89 bits per heavy atom. The van der Waals surface area contributed by atoms with E-state index in [1.54, 1.807) is 0 Å². The van der Waals surface area contributed by atoms with Crippen molar-refractivity contribution in [3.05, 3.63) is 0 Å². The minimum atomic E-state index is -4.64. The van der Waals surface area contributed by atoms with Gasteiger partial charge in [-0.3, -0.25) is 9.13 Å². The predicted molar refractivity (Wildman–Crippen MR) is 30.3 cm³/mol. The second-order valence-electron chi connectivity index (χ2n) is 1.61. The van der Waals surface area contributed by atoms with Crippen LogP contribution in [0.3, 0.4) is 0 Å². The molecule has 0 saturated heterocycles. The minimum Gasteiger partial charge on any atom is -0.368 e. The highest BCUT2D eigenvalue weighted by Crippen LogP contribution is 2.54. The average Bonchev–Trinajstić information content (AvgIpc) is 1.64. The number of rotatable bonds is 2. The fraction of sp³-hybridized carbons (Fsp3) is 1.00. The smallest absolute Gasteiger partial charge is 0.368 e. The van der Waals surface area contributed by atoms with Crippen molar-refractivity contribution in [2.24, 2.45) is 0 Å². The van der Waals surface area contributed by atoms with E-state index in [4.69, 9.17) is 14.9 Å². The molecule has 0 amide bonds. The van der Waals surface area contributed by atoms with Crippen LogP contribution in [-0.2, 0) is 9.13 Å². The third kappa shape index (κ3) is 2.12. The molecule has 0 aromatic heterocycles. The number of aliphatic hydroxyl groups is 1. The van der Waals surface area contributed by atoms with Crippen molar-refractivity contribution < 1.29 is 24.0 Å². The van der Waals surface area contributed by atoms with Crippen molar-refractivity contribution >= 4 is 16.1 Å². The Morgan fingerprint density at radius 2 is 1.89 bits per heavy atom. The monoisotopic (exact) mass is 172 g/mol. The first-order chi connectivity index (χ1) is 3.81. The Kier molecular flexibility index (Phi) is 2.50. The highest BCUT2D eigenvalue weighted by molar-refractivity contribution is 7.63. The number of hydrogen-bond acceptors (Lipinski definition) is 3. The Morgan fingerprint density at radius 1 is 1.56 bits per heavy atom. The van der Waals surface area contributed by atoms with Crippen LogP contribution in [0.1, 0.15) is 6.92 Å². The van der Waals surface area contributed by atoms with Gasteiger partial charge in [-0.15, -0.1) is 0 Å². The lowest BCUT2D eigenvalue weighted by molar-refractivity contribution is 0.184. The van der Waals surface area contributed by atoms with Crippen LogP contribution >= 0.6 is 16.1 Å². The van der Waals surface area contributed by atoms with Crippen LogP contribution in [0.25, 0.3) is 0 Å². The first-order valence-corrected chi connectivity index (χ1v) is 4.36. The fourth-order valence-electron chi connectivity index (χ4n) is 0.0532. The lowest BCUT2D eigenvalue weighted by atomic mass is 10.9. The second-order valence-corrected chi connectivity index (χ2v) is 4.97. The van der Waals surface area contributed by atoms with Gasteiger partial charge in [0.1, 0.15) is 0 Å². The summed E-state index contributed by atoms with van der Waals surface area (Å²) in [6, 6.07) is 0. The Labute approximate surface area is 53.1 Å². The van der Waals surface area contributed by atoms with E-state index in [-0.39, 0.29) is 0 Å². The lowest BCUT2D eigenvalue weighted by Gasteiger charge is -2.14. The molecule has 0 saturated carbocycles. The molecule has 5 nitrogen and oxygen atoms in total. The molecule has 7 heteroatoms. The van der Waals surface area contributed by atoms with Crippen LogP contribution in [0.5, 0.6) is 0 Å². The van der Waals surface area contributed by atoms with Crippen molar-refractivity contribution in [2.45, 2.75) is 12.0 Å². The van der Waals surface area contributed by atoms with E-state index in [1.165, 1.54) is 0 Å². The van der Waals surface area contributed by atoms with Crippen LogP contribution in [-0.4, -0.2) is 20.0 Å². The Hall–Kier alpha value is 0.210. The first kappa shape index (κ1) is 9.21. The summed E-state index contributed by atoms with van der Waals surface area (Å²) in [6.45, 7) is 0.794. The minimum absolute atomic E-state index is 0.794. The van der Waals surface area contributed by atoms with Crippen molar-refractivity contribution in [1.82, 2.24) is 0 Å². The third-order valence-corrected chi connectivity index (χ3v) is 3.20. The van der Waals surface area contributed by atoms with E-state index >= 15 is 0 Å². The lowest BCUT2D eigenvalue weighted by Crippen LogP contribution is -2.14. The summed E-state index contributed by atoms with van der Waals surface area (Å²) < 4.78 is 19.9. The summed E-state index contributed by atoms with van der Waals surface area (Å²) >= 11 is 0. The summed E-state index contributed by atoms with van der Waals surface area (Å²) in [5.41, 5.74) is 0. The molecule has 0 radical (unpaired) electrons. The van der Waals surface area contributed by atoms with Crippen LogP contribution in [0, 0.1) is 0 Å². The van der Waals surface area contributed by atoms with Crippen LogP contribution in [0.4, 0.5) is 0 Å². The number of hydrogen-bond donors (Lipinski definition) is 3. The van der Waals surface area contributed by atoms with Gasteiger partial charge in [0.05, 0.1) is 0 Å². The quantitative estimate of drug-likeness (QED) is 0.514. The molecular formula is C2H6O5P2. The molecule has 0 aromatic rings. The molecule has 0 spiro atoms. The van der Waals surface area contributed by atoms with Gasteiger partial charge in [-0.2, -0.15) is 0 Å². The molecule has 0 rings (SSSR count). The first-order valence-electron chi connectivity index (χ1n) is 1.94. The molecule has 0 bridgehead atoms. The summed E-state index contributed by atoms with van der Waals surface area (Å²) in [6.07, 6.45) is 0. The maximum atomic E-state index is 10.1. The largest absolute Gasteiger partial charge is 0.368 e.